The molecule has 0 saturated carbocycles. The minimum atomic E-state index is -0.688. The fourth-order valence-corrected chi connectivity index (χ4v) is 2.86. The van der Waals surface area contributed by atoms with E-state index in [1.165, 1.54) is 54.2 Å². The molecule has 0 fully saturated rings. The maximum Gasteiger partial charge on any atom is 0.270 e. The number of halogens is 2. The predicted octanol–water partition coefficient (Wildman–Crippen LogP) is 4.94. The standard InChI is InChI=1S/C20H16ClFN2O5/c1-3-28-19-10-20(25)23(2)11-15(19)14-9-13(24(26)27)5-7-17(14)29-18-6-4-12(21)8-16(18)22/h4-11H,3H2,1-2H3. The number of hydrogen-bond donors (Lipinski definition) is 0. The van der Waals surface area contributed by atoms with Crippen molar-refractivity contribution in [1.82, 2.24) is 4.57 Å². The number of pyridine rings is 1. The maximum atomic E-state index is 14.2. The van der Waals surface area contributed by atoms with Crippen LogP contribution in [0.5, 0.6) is 17.2 Å². The first kappa shape index (κ1) is 20.3. The van der Waals surface area contributed by atoms with E-state index in [1.807, 2.05) is 0 Å². The summed E-state index contributed by atoms with van der Waals surface area (Å²) in [6.07, 6.45) is 1.48. The Hall–Kier alpha value is -3.39. The fourth-order valence-electron chi connectivity index (χ4n) is 2.70. The zero-order chi connectivity index (χ0) is 21.1. The lowest BCUT2D eigenvalue weighted by Gasteiger charge is -2.16. The van der Waals surface area contributed by atoms with E-state index >= 15 is 0 Å². The van der Waals surface area contributed by atoms with E-state index in [-0.39, 0.29) is 45.7 Å². The minimum absolute atomic E-state index is 0.104. The van der Waals surface area contributed by atoms with Gasteiger partial charge in [0.1, 0.15) is 11.5 Å². The topological polar surface area (TPSA) is 83.6 Å². The number of benzene rings is 2. The molecule has 0 radical (unpaired) electrons. The SMILES string of the molecule is CCOc1cc(=O)n(C)cc1-c1cc([N+](=O)[O-])ccc1Oc1ccc(Cl)cc1F. The molecule has 0 atom stereocenters. The lowest BCUT2D eigenvalue weighted by atomic mass is 10.0. The summed E-state index contributed by atoms with van der Waals surface area (Å²) in [5.74, 6) is -0.409. The van der Waals surface area contributed by atoms with Crippen molar-refractivity contribution in [3.63, 3.8) is 0 Å². The van der Waals surface area contributed by atoms with Crippen LogP contribution in [0.1, 0.15) is 6.92 Å². The lowest BCUT2D eigenvalue weighted by Crippen LogP contribution is -2.16. The van der Waals surface area contributed by atoms with E-state index in [9.17, 15) is 19.3 Å². The number of hydrogen-bond acceptors (Lipinski definition) is 5. The van der Waals surface area contributed by atoms with Gasteiger partial charge in [0, 0.05) is 47.6 Å². The molecule has 9 heteroatoms. The highest BCUT2D eigenvalue weighted by Crippen LogP contribution is 2.40. The van der Waals surface area contributed by atoms with Gasteiger partial charge >= 0.3 is 0 Å². The van der Waals surface area contributed by atoms with Crippen LogP contribution >= 0.6 is 11.6 Å². The van der Waals surface area contributed by atoms with Crippen LogP contribution in [0.2, 0.25) is 5.02 Å². The summed E-state index contributed by atoms with van der Waals surface area (Å²) >= 11 is 5.77. The molecule has 3 rings (SSSR count). The highest BCUT2D eigenvalue weighted by atomic mass is 35.5. The number of aromatic nitrogens is 1. The summed E-state index contributed by atoms with van der Waals surface area (Å²) in [6.45, 7) is 2.02. The largest absolute Gasteiger partial charge is 0.493 e. The molecule has 0 saturated heterocycles. The molecule has 2 aromatic carbocycles. The highest BCUT2D eigenvalue weighted by Gasteiger charge is 2.19. The zero-order valence-electron chi connectivity index (χ0n) is 15.5. The number of non-ortho nitro benzene ring substituents is 1. The van der Waals surface area contributed by atoms with E-state index in [2.05, 4.69) is 0 Å². The Balaban J connectivity index is 2.21. The Bertz CT molecular complexity index is 1150. The number of ether oxygens (including phenoxy) is 2. The number of aryl methyl sites for hydroxylation is 1. The van der Waals surface area contributed by atoms with Gasteiger partial charge in [0.25, 0.3) is 11.2 Å². The van der Waals surface area contributed by atoms with Gasteiger partial charge in [-0.3, -0.25) is 14.9 Å². The Morgan fingerprint density at radius 1 is 1.10 bits per heavy atom. The van der Waals surface area contributed by atoms with E-state index in [0.717, 1.165) is 6.07 Å². The second kappa shape index (κ2) is 8.32. The third-order valence-corrected chi connectivity index (χ3v) is 4.30. The molecule has 3 aromatic rings. The quantitative estimate of drug-likeness (QED) is 0.418. The van der Waals surface area contributed by atoms with E-state index in [1.54, 1.807) is 6.92 Å². The molecular weight excluding hydrogens is 403 g/mol. The van der Waals surface area contributed by atoms with Crippen LogP contribution in [0.15, 0.2) is 53.5 Å². The van der Waals surface area contributed by atoms with Crippen molar-refractivity contribution < 1.29 is 18.8 Å². The third-order valence-electron chi connectivity index (χ3n) is 4.07. The number of nitrogens with zero attached hydrogens (tertiary/aromatic N) is 2. The smallest absolute Gasteiger partial charge is 0.270 e. The van der Waals surface area contributed by atoms with E-state index < -0.39 is 10.7 Å². The molecule has 7 nitrogen and oxygen atoms in total. The molecule has 0 aliphatic rings. The van der Waals surface area contributed by atoms with Gasteiger partial charge in [0.05, 0.1) is 11.5 Å². The van der Waals surface area contributed by atoms with Crippen LogP contribution in [0.3, 0.4) is 0 Å². The van der Waals surface area contributed by atoms with Gasteiger partial charge in [-0.1, -0.05) is 11.6 Å². The van der Waals surface area contributed by atoms with Crippen LogP contribution < -0.4 is 15.0 Å². The van der Waals surface area contributed by atoms with Crippen molar-refractivity contribution in [2.75, 3.05) is 6.61 Å². The lowest BCUT2D eigenvalue weighted by molar-refractivity contribution is -0.384. The van der Waals surface area contributed by atoms with Gasteiger partial charge < -0.3 is 14.0 Å². The highest BCUT2D eigenvalue weighted by molar-refractivity contribution is 6.30. The van der Waals surface area contributed by atoms with Crippen molar-refractivity contribution in [2.24, 2.45) is 7.05 Å². The molecule has 29 heavy (non-hydrogen) atoms. The summed E-state index contributed by atoms with van der Waals surface area (Å²) in [5.41, 5.74) is 0.156. The fraction of sp³-hybridized carbons (Fsp3) is 0.150. The summed E-state index contributed by atoms with van der Waals surface area (Å²) in [6, 6.07) is 9.09. The molecule has 0 bridgehead atoms. The van der Waals surface area contributed by atoms with E-state index in [0.29, 0.717) is 5.56 Å². The minimum Gasteiger partial charge on any atom is -0.493 e. The van der Waals surface area contributed by atoms with Crippen molar-refractivity contribution in [3.05, 3.63) is 80.0 Å². The number of rotatable bonds is 6. The first-order chi connectivity index (χ1) is 13.8. The van der Waals surface area contributed by atoms with Crippen molar-refractivity contribution in [3.8, 4) is 28.4 Å². The number of nitro groups is 1. The molecular formula is C20H16ClFN2O5. The Labute approximate surface area is 170 Å². The molecule has 1 heterocycles. The Morgan fingerprint density at radius 2 is 1.83 bits per heavy atom. The van der Waals surface area contributed by atoms with Crippen LogP contribution in [-0.4, -0.2) is 16.1 Å². The summed E-state index contributed by atoms with van der Waals surface area (Å²) in [7, 11) is 1.54. The summed E-state index contributed by atoms with van der Waals surface area (Å²) in [4.78, 5) is 22.7. The maximum absolute atomic E-state index is 14.2. The Kier molecular flexibility index (Phi) is 5.84. The first-order valence-electron chi connectivity index (χ1n) is 8.55. The van der Waals surface area contributed by atoms with E-state index in [4.69, 9.17) is 21.1 Å². The zero-order valence-corrected chi connectivity index (χ0v) is 16.3. The van der Waals surface area contributed by atoms with Crippen LogP contribution in [-0.2, 0) is 7.05 Å². The molecule has 0 unspecified atom stereocenters. The molecule has 150 valence electrons. The molecule has 0 aliphatic heterocycles. The second-order valence-corrected chi connectivity index (χ2v) is 6.48. The van der Waals surface area contributed by atoms with Crippen molar-refractivity contribution in [1.29, 1.82) is 0 Å². The van der Waals surface area contributed by atoms with Crippen molar-refractivity contribution in [2.45, 2.75) is 6.92 Å². The predicted molar refractivity (Wildman–Crippen MR) is 106 cm³/mol. The monoisotopic (exact) mass is 418 g/mol. The average molecular weight is 419 g/mol. The number of nitro benzene ring substituents is 1. The summed E-state index contributed by atoms with van der Waals surface area (Å²) < 4.78 is 26.7. The van der Waals surface area contributed by atoms with Crippen LogP contribution in [0, 0.1) is 15.9 Å². The van der Waals surface area contributed by atoms with Gasteiger partial charge in [0.2, 0.25) is 0 Å². The average Bonchev–Trinajstić information content (AvgIpc) is 2.67. The molecule has 1 aromatic heterocycles. The molecule has 0 aliphatic carbocycles. The normalized spacial score (nSPS) is 10.6. The summed E-state index contributed by atoms with van der Waals surface area (Å²) in [5, 5.41) is 11.5. The van der Waals surface area contributed by atoms with Gasteiger partial charge in [0.15, 0.2) is 11.6 Å². The van der Waals surface area contributed by atoms with Crippen molar-refractivity contribution >= 4 is 17.3 Å². The second-order valence-electron chi connectivity index (χ2n) is 6.05. The van der Waals surface area contributed by atoms with Crippen LogP contribution in [0.25, 0.3) is 11.1 Å². The van der Waals surface area contributed by atoms with Gasteiger partial charge in [-0.2, -0.15) is 0 Å². The Morgan fingerprint density at radius 3 is 2.48 bits per heavy atom. The van der Waals surface area contributed by atoms with Gasteiger partial charge in [-0.05, 0) is 31.2 Å². The van der Waals surface area contributed by atoms with Gasteiger partial charge in [-0.15, -0.1) is 0 Å². The molecule has 0 spiro atoms. The van der Waals surface area contributed by atoms with Gasteiger partial charge in [-0.25, -0.2) is 4.39 Å². The third kappa shape index (κ3) is 4.38. The first-order valence-corrected chi connectivity index (χ1v) is 8.93. The molecule has 0 amide bonds. The van der Waals surface area contributed by atoms with Crippen LogP contribution in [0.4, 0.5) is 10.1 Å². The molecule has 0 N–H and O–H groups in total.